The Morgan fingerprint density at radius 3 is 1.59 bits per heavy atom. The largest absolute Gasteiger partial charge is 0.467 e. The topological polar surface area (TPSA) is 332 Å². The monoisotopic (exact) mass is 1490 g/mol. The number of ether oxygens (including phenoxy) is 4. The van der Waals surface area contributed by atoms with Gasteiger partial charge in [-0.3, -0.25) is 57.7 Å². The second-order valence-corrected chi connectivity index (χ2v) is 32.2. The summed E-state index contributed by atoms with van der Waals surface area (Å²) in [7, 11) is 11.0. The second kappa shape index (κ2) is 44.6. The summed E-state index contributed by atoms with van der Waals surface area (Å²) in [6, 6.07) is -11.3. The van der Waals surface area contributed by atoms with Gasteiger partial charge in [-0.05, 0) is 137 Å². The van der Waals surface area contributed by atoms with E-state index in [1.54, 1.807) is 82.2 Å². The van der Waals surface area contributed by atoms with E-state index in [-0.39, 0.29) is 57.0 Å². The Balaban J connectivity index is 3.65. The predicted molar refractivity (Wildman–Crippen MR) is 403 cm³/mol. The molecule has 1 fully saturated rings. The molecule has 9 amide bonds. The van der Waals surface area contributed by atoms with E-state index in [4.69, 9.17) is 18.9 Å². The molecule has 0 aromatic carbocycles. The maximum absolute atomic E-state index is 15.1. The number of morpholine rings is 1. The molecule has 1 heterocycles. The van der Waals surface area contributed by atoms with Crippen LogP contribution in [0.2, 0.25) is 0 Å². The normalized spacial score (nSPS) is 17.1. The minimum Gasteiger partial charge on any atom is -0.467 e. The van der Waals surface area contributed by atoms with Gasteiger partial charge >= 0.3 is 12.1 Å². The van der Waals surface area contributed by atoms with Crippen LogP contribution < -0.4 is 10.6 Å². The van der Waals surface area contributed by atoms with Crippen LogP contribution in [0.4, 0.5) is 4.79 Å². The molecule has 105 heavy (non-hydrogen) atoms. The number of aliphatic hydroxyl groups excluding tert-OH is 1. The lowest BCUT2D eigenvalue weighted by atomic mass is 9.85. The van der Waals surface area contributed by atoms with Crippen molar-refractivity contribution in [1.29, 1.82) is 0 Å². The number of rotatable bonds is 44. The van der Waals surface area contributed by atoms with E-state index < -0.39 is 178 Å². The molecular weight excluding hydrogens is 1350 g/mol. The summed E-state index contributed by atoms with van der Waals surface area (Å²) in [4.78, 5) is 184. The van der Waals surface area contributed by atoms with Gasteiger partial charge in [0.25, 0.3) is 0 Å². The average Bonchev–Trinajstić information content (AvgIpc) is 0.802. The SMILES string of the molecule is C/C=C/C[C@@H](C)[C@@H](O)[C@@H](C(=O)N[C@@H](CC)C(=O)OC)N(C)C(=O)[C@H](C(C)C)N(C)C(=O)[C@H](CC(C)C)N(C)C(=O)[C@H](CC(C)(C)O)N(C)C(=O)[C@@H](C)NC(=O)[C@H](C)CC(=O)[C@H](CC(C)C)N(C)C(=O)[C@@H](CC(=O)[C@H]([C@@H](C)OCCCCN1CCOCC1)N(C)C(=O)[C@@H](C)N(C)C(=O)OC(C)(C)C)C(C)C. The Hall–Kier alpha value is -6.62. The molecule has 1 saturated heterocycles. The molecule has 28 nitrogen and oxygen atoms in total. The molecule has 14 atom stereocenters. The number of aliphatic hydroxyl groups is 2. The molecule has 28 heteroatoms. The molecule has 0 saturated carbocycles. The number of unbranched alkanes of at least 4 members (excludes halogenated alkanes) is 1. The lowest BCUT2D eigenvalue weighted by Gasteiger charge is -2.42. The number of esters is 1. The molecule has 0 radical (unpaired) electrons. The van der Waals surface area contributed by atoms with Gasteiger partial charge in [0, 0.05) is 100 Å². The first-order chi connectivity index (χ1) is 48.5. The number of nitrogens with one attached hydrogen (secondary N) is 2. The van der Waals surface area contributed by atoms with Crippen molar-refractivity contribution < 1.29 is 86.7 Å². The van der Waals surface area contributed by atoms with Crippen molar-refractivity contribution >= 4 is 70.9 Å². The zero-order valence-electron chi connectivity index (χ0n) is 69.2. The molecule has 0 unspecified atom stereocenters. The van der Waals surface area contributed by atoms with Crippen molar-refractivity contribution in [3.05, 3.63) is 12.2 Å². The van der Waals surface area contributed by atoms with Crippen molar-refractivity contribution in [2.75, 3.05) is 95.9 Å². The molecule has 0 aliphatic carbocycles. The lowest BCUT2D eigenvalue weighted by Crippen LogP contribution is -2.63. The summed E-state index contributed by atoms with van der Waals surface area (Å²) in [6.07, 6.45) is 1.75. The van der Waals surface area contributed by atoms with Gasteiger partial charge in [-0.1, -0.05) is 88.3 Å². The number of allylic oxidation sites excluding steroid dienone is 2. The van der Waals surface area contributed by atoms with Crippen LogP contribution in [0.5, 0.6) is 0 Å². The maximum Gasteiger partial charge on any atom is 0.410 e. The third kappa shape index (κ3) is 30.2. The molecule has 1 aliphatic heterocycles. The quantitative estimate of drug-likeness (QED) is 0.0309. The van der Waals surface area contributed by atoms with Crippen LogP contribution in [-0.4, -0.2) is 294 Å². The van der Waals surface area contributed by atoms with Gasteiger partial charge in [0.2, 0.25) is 47.3 Å². The van der Waals surface area contributed by atoms with E-state index in [0.717, 1.165) is 40.8 Å². The molecule has 0 bridgehead atoms. The molecule has 4 N–H and O–H groups in total. The van der Waals surface area contributed by atoms with Crippen LogP contribution in [0, 0.1) is 41.4 Å². The van der Waals surface area contributed by atoms with E-state index in [9.17, 15) is 58.2 Å². The summed E-state index contributed by atoms with van der Waals surface area (Å²) >= 11 is 0. The maximum atomic E-state index is 15.1. The van der Waals surface area contributed by atoms with Crippen LogP contribution in [-0.2, 0) is 71.7 Å². The van der Waals surface area contributed by atoms with Gasteiger partial charge in [0.05, 0.1) is 44.2 Å². The Morgan fingerprint density at radius 1 is 0.581 bits per heavy atom. The summed E-state index contributed by atoms with van der Waals surface area (Å²) in [5.41, 5.74) is -2.43. The van der Waals surface area contributed by atoms with Crippen LogP contribution in [0.25, 0.3) is 0 Å². The minimum absolute atomic E-state index is 0.0701. The minimum atomic E-state index is -1.58. The van der Waals surface area contributed by atoms with Gasteiger partial charge in [0.1, 0.15) is 53.9 Å². The number of hydrogen-bond donors (Lipinski definition) is 4. The number of nitrogens with zero attached hydrogens (tertiary/aromatic N) is 8. The summed E-state index contributed by atoms with van der Waals surface area (Å²) < 4.78 is 22.2. The Morgan fingerprint density at radius 2 is 1.10 bits per heavy atom. The van der Waals surface area contributed by atoms with E-state index in [1.807, 2.05) is 33.8 Å². The van der Waals surface area contributed by atoms with Gasteiger partial charge in [-0.25, -0.2) is 9.59 Å². The predicted octanol–water partition coefficient (Wildman–Crippen LogP) is 5.99. The number of hydrogen-bond acceptors (Lipinski definition) is 19. The van der Waals surface area contributed by atoms with E-state index in [2.05, 4.69) is 15.5 Å². The first-order valence-electron chi connectivity index (χ1n) is 37.7. The molecule has 1 aliphatic rings. The number of amides is 9. The number of methoxy groups -OCH3 is 1. The zero-order chi connectivity index (χ0) is 81.2. The fraction of sp³-hybridized carbons (Fsp3) is 0.818. The molecule has 0 aromatic rings. The number of likely N-dealkylation sites (N-methyl/N-ethyl adjacent to an activating group) is 7. The van der Waals surface area contributed by atoms with Gasteiger partial charge < -0.3 is 69.2 Å². The Labute approximate surface area is 628 Å². The van der Waals surface area contributed by atoms with Gasteiger partial charge in [0.15, 0.2) is 11.6 Å². The average molecular weight is 1490 g/mol. The molecule has 0 aromatic heterocycles. The summed E-state index contributed by atoms with van der Waals surface area (Å²) in [5, 5.41) is 28.5. The highest BCUT2D eigenvalue weighted by atomic mass is 16.6. The van der Waals surface area contributed by atoms with Crippen LogP contribution >= 0.6 is 0 Å². The Kier molecular flexibility index (Phi) is 41.0. The van der Waals surface area contributed by atoms with Crippen LogP contribution in [0.15, 0.2) is 12.2 Å². The smallest absolute Gasteiger partial charge is 0.410 e. The highest BCUT2D eigenvalue weighted by Gasteiger charge is 2.47. The third-order valence-corrected chi connectivity index (χ3v) is 19.8. The molecular formula is C77H138N10O18. The molecule has 604 valence electrons. The van der Waals surface area contributed by atoms with Crippen molar-refractivity contribution in [2.24, 2.45) is 41.4 Å². The number of carbonyl (C=O) groups excluding carboxylic acids is 12. The molecule has 1 rings (SSSR count). The fourth-order valence-electron chi connectivity index (χ4n) is 13.1. The van der Waals surface area contributed by atoms with Gasteiger partial charge in [-0.2, -0.15) is 0 Å². The fourth-order valence-corrected chi connectivity index (χ4v) is 13.1. The Bertz CT molecular complexity index is 2870. The second-order valence-electron chi connectivity index (χ2n) is 32.2. The highest BCUT2D eigenvalue weighted by molar-refractivity contribution is 5.99. The molecule has 0 spiro atoms. The lowest BCUT2D eigenvalue weighted by molar-refractivity contribution is -0.158. The van der Waals surface area contributed by atoms with Crippen LogP contribution in [0.3, 0.4) is 0 Å². The zero-order valence-corrected chi connectivity index (χ0v) is 69.2. The number of Topliss-reactive ketones (excluding diaryl/α,β-unsaturated/α-hetero) is 2. The highest BCUT2D eigenvalue weighted by Crippen LogP contribution is 2.29. The van der Waals surface area contributed by atoms with Crippen molar-refractivity contribution in [2.45, 2.75) is 274 Å². The number of ketones is 2. The van der Waals surface area contributed by atoms with Crippen molar-refractivity contribution in [1.82, 2.24) is 49.8 Å². The van der Waals surface area contributed by atoms with Crippen LogP contribution in [0.1, 0.15) is 196 Å². The van der Waals surface area contributed by atoms with E-state index in [1.165, 1.54) is 111 Å². The first-order valence-corrected chi connectivity index (χ1v) is 37.7. The summed E-state index contributed by atoms with van der Waals surface area (Å²) in [5.74, 6) is -11.2. The third-order valence-electron chi connectivity index (χ3n) is 19.8. The summed E-state index contributed by atoms with van der Waals surface area (Å²) in [6.45, 7) is 37.9. The standard InChI is InChI=1S/C77H138N10O18/c1-29-31-34-50(11)65(90)64(67(92)79-56(30-2)74(99)102-28)86(27)73(98)62(49(9)10)84(25)71(96)58(42-47(5)6)82(23)72(97)59(45-77(19,20)101)83(24)68(93)52(13)78-66(91)51(12)43-60(88)57(41-46(3)4)81(22)70(95)55(48(7)8)44-61(89)63(54(15)104-38-33-32-35-87-36-39-103-40-37-87)85(26)69(94)53(14)80(21)75(100)105-76(16,17)18/h29,31,46-59,62-65,90,101H,30,32-45H2,1-28H3,(H,78,91)(H,79,92)/b31-29+/t50-,51-,52-,53-,54-,55+,56+,57+,58+,59+,62+,63+,64+,65-/m1/s1. The van der Waals surface area contributed by atoms with Crippen molar-refractivity contribution in [3.63, 3.8) is 0 Å². The first kappa shape index (κ1) is 96.4. The number of carbonyl (C=O) groups is 12. The van der Waals surface area contributed by atoms with E-state index in [0.29, 0.717) is 26.1 Å². The van der Waals surface area contributed by atoms with E-state index >= 15 is 9.59 Å². The van der Waals surface area contributed by atoms with Gasteiger partial charge in [-0.15, -0.1) is 0 Å². The van der Waals surface area contributed by atoms with Crippen molar-refractivity contribution in [3.8, 4) is 0 Å².